The molecule has 0 radical (unpaired) electrons. The molecule has 2 fully saturated rings. The Morgan fingerprint density at radius 2 is 2.29 bits per heavy atom. The van der Waals surface area contributed by atoms with Crippen LogP contribution in [0.15, 0.2) is 0 Å². The van der Waals surface area contributed by atoms with Gasteiger partial charge in [0.1, 0.15) is 5.82 Å². The number of hydrogen-bond donors (Lipinski definition) is 2. The number of nitrogens with one attached hydrogen (secondary N) is 2. The van der Waals surface area contributed by atoms with Crippen molar-refractivity contribution in [1.82, 2.24) is 20.5 Å². The number of aromatic amines is 1. The summed E-state index contributed by atoms with van der Waals surface area (Å²) >= 11 is 0. The molecule has 0 atom stereocenters. The predicted molar refractivity (Wildman–Crippen MR) is 62.5 cm³/mol. The Kier molecular flexibility index (Phi) is 2.42. The first-order valence-electron chi connectivity index (χ1n) is 6.43. The Labute approximate surface area is 100 Å². The van der Waals surface area contributed by atoms with Crippen molar-refractivity contribution in [3.05, 3.63) is 11.6 Å². The van der Waals surface area contributed by atoms with Crippen molar-refractivity contribution in [1.29, 1.82) is 0 Å². The predicted octanol–water partition coefficient (Wildman–Crippen LogP) is 1.29. The van der Waals surface area contributed by atoms with Crippen molar-refractivity contribution in [2.24, 2.45) is 11.3 Å². The van der Waals surface area contributed by atoms with E-state index in [1.54, 1.807) is 0 Å². The molecule has 3 rings (SSSR count). The number of aromatic nitrogens is 3. The highest BCUT2D eigenvalue weighted by atomic mass is 16.2. The van der Waals surface area contributed by atoms with E-state index in [4.69, 9.17) is 0 Å². The summed E-state index contributed by atoms with van der Waals surface area (Å²) in [5.41, 5.74) is 0.430. The third-order valence-electron chi connectivity index (χ3n) is 4.01. The van der Waals surface area contributed by atoms with E-state index in [1.165, 1.54) is 25.7 Å². The molecule has 1 aromatic rings. The second kappa shape index (κ2) is 3.82. The van der Waals surface area contributed by atoms with Crippen molar-refractivity contribution >= 4 is 5.91 Å². The fourth-order valence-corrected chi connectivity index (χ4v) is 2.48. The molecule has 1 amide bonds. The van der Waals surface area contributed by atoms with Gasteiger partial charge < -0.3 is 5.32 Å². The van der Waals surface area contributed by atoms with Crippen LogP contribution in [0.5, 0.6) is 0 Å². The molecular weight excluding hydrogens is 216 g/mol. The van der Waals surface area contributed by atoms with Gasteiger partial charge in [-0.15, -0.1) is 5.10 Å². The molecule has 0 unspecified atom stereocenters. The standard InChI is InChI=1S/C12H18N4O/c1-2-9-14-10(16-15-9)11(17)13-7-12(5-6-12)8-3-4-8/h8H,2-7H2,1H3,(H,13,17)(H,14,15,16). The topological polar surface area (TPSA) is 70.7 Å². The molecule has 0 spiro atoms. The third-order valence-corrected chi connectivity index (χ3v) is 4.01. The van der Waals surface area contributed by atoms with Crippen LogP contribution in [-0.4, -0.2) is 27.6 Å². The summed E-state index contributed by atoms with van der Waals surface area (Å²) in [7, 11) is 0. The van der Waals surface area contributed by atoms with Crippen LogP contribution < -0.4 is 5.32 Å². The smallest absolute Gasteiger partial charge is 0.290 e. The van der Waals surface area contributed by atoms with Crippen LogP contribution in [0.1, 0.15) is 49.1 Å². The van der Waals surface area contributed by atoms with Crippen molar-refractivity contribution in [3.63, 3.8) is 0 Å². The molecule has 1 aromatic heterocycles. The number of carbonyl (C=O) groups is 1. The van der Waals surface area contributed by atoms with Gasteiger partial charge in [0.25, 0.3) is 5.91 Å². The fraction of sp³-hybridized carbons (Fsp3) is 0.750. The van der Waals surface area contributed by atoms with Crippen molar-refractivity contribution in [2.45, 2.75) is 39.0 Å². The monoisotopic (exact) mass is 234 g/mol. The number of rotatable bonds is 5. The summed E-state index contributed by atoms with van der Waals surface area (Å²) in [6, 6.07) is 0. The van der Waals surface area contributed by atoms with E-state index in [-0.39, 0.29) is 11.7 Å². The van der Waals surface area contributed by atoms with Crippen LogP contribution in [0.3, 0.4) is 0 Å². The number of aryl methyl sites for hydroxylation is 1. The summed E-state index contributed by atoms with van der Waals surface area (Å²) in [5.74, 6) is 1.75. The highest BCUT2D eigenvalue weighted by molar-refractivity contribution is 5.90. The summed E-state index contributed by atoms with van der Waals surface area (Å²) in [6.45, 7) is 2.78. The first-order chi connectivity index (χ1) is 8.23. The molecule has 2 aliphatic rings. The first kappa shape index (κ1) is 10.7. The summed E-state index contributed by atoms with van der Waals surface area (Å²) in [5, 5.41) is 9.66. The van der Waals surface area contributed by atoms with E-state index in [0.29, 0.717) is 5.41 Å². The molecule has 1 heterocycles. The Morgan fingerprint density at radius 1 is 1.53 bits per heavy atom. The van der Waals surface area contributed by atoms with Gasteiger partial charge in [0, 0.05) is 13.0 Å². The van der Waals surface area contributed by atoms with Crippen molar-refractivity contribution in [3.8, 4) is 0 Å². The van der Waals surface area contributed by atoms with E-state index in [2.05, 4.69) is 20.5 Å². The normalized spacial score (nSPS) is 21.2. The van der Waals surface area contributed by atoms with E-state index in [9.17, 15) is 4.79 Å². The van der Waals surface area contributed by atoms with Crippen LogP contribution >= 0.6 is 0 Å². The molecule has 2 saturated carbocycles. The summed E-state index contributed by atoms with van der Waals surface area (Å²) in [4.78, 5) is 16.0. The maximum Gasteiger partial charge on any atom is 0.290 e. The molecule has 5 nitrogen and oxygen atoms in total. The molecule has 5 heteroatoms. The van der Waals surface area contributed by atoms with Gasteiger partial charge in [-0.2, -0.15) is 0 Å². The van der Waals surface area contributed by atoms with Gasteiger partial charge in [0.05, 0.1) is 0 Å². The molecule has 0 bridgehead atoms. The summed E-state index contributed by atoms with van der Waals surface area (Å²) < 4.78 is 0. The molecule has 0 aliphatic heterocycles. The SMILES string of the molecule is CCc1nc(C(=O)NCC2(C3CC3)CC2)n[nH]1. The lowest BCUT2D eigenvalue weighted by Gasteiger charge is -2.13. The quantitative estimate of drug-likeness (QED) is 0.806. The molecule has 0 aromatic carbocycles. The number of carbonyl (C=O) groups excluding carboxylic acids is 1. The molecule has 0 saturated heterocycles. The zero-order valence-corrected chi connectivity index (χ0v) is 10.1. The van der Waals surface area contributed by atoms with Gasteiger partial charge in [-0.25, -0.2) is 4.98 Å². The molecular formula is C12H18N4O. The largest absolute Gasteiger partial charge is 0.349 e. The second-order valence-corrected chi connectivity index (χ2v) is 5.28. The summed E-state index contributed by atoms with van der Waals surface area (Å²) in [6.07, 6.45) is 6.00. The van der Waals surface area contributed by atoms with Gasteiger partial charge in [-0.3, -0.25) is 9.89 Å². The van der Waals surface area contributed by atoms with E-state index in [0.717, 1.165) is 24.7 Å². The minimum Gasteiger partial charge on any atom is -0.349 e. The van der Waals surface area contributed by atoms with Crippen LogP contribution in [0.4, 0.5) is 0 Å². The van der Waals surface area contributed by atoms with Crippen LogP contribution in [0.25, 0.3) is 0 Å². The van der Waals surface area contributed by atoms with E-state index >= 15 is 0 Å². The second-order valence-electron chi connectivity index (χ2n) is 5.28. The van der Waals surface area contributed by atoms with Crippen LogP contribution in [0, 0.1) is 11.3 Å². The Bertz CT molecular complexity index is 431. The number of amides is 1. The molecule has 2 N–H and O–H groups in total. The van der Waals surface area contributed by atoms with Crippen molar-refractivity contribution in [2.75, 3.05) is 6.54 Å². The van der Waals surface area contributed by atoms with Gasteiger partial charge in [-0.05, 0) is 37.0 Å². The van der Waals surface area contributed by atoms with Crippen molar-refractivity contribution < 1.29 is 4.79 Å². The average Bonchev–Trinajstić information content (AvgIpc) is 3.23. The fourth-order valence-electron chi connectivity index (χ4n) is 2.48. The number of H-pyrrole nitrogens is 1. The first-order valence-corrected chi connectivity index (χ1v) is 6.43. The zero-order chi connectivity index (χ0) is 11.9. The molecule has 92 valence electrons. The lowest BCUT2D eigenvalue weighted by atomic mass is 10.0. The Balaban J connectivity index is 1.56. The zero-order valence-electron chi connectivity index (χ0n) is 10.1. The van der Waals surface area contributed by atoms with Gasteiger partial charge >= 0.3 is 0 Å². The highest BCUT2D eigenvalue weighted by Gasteiger charge is 2.53. The maximum atomic E-state index is 11.8. The number of hydrogen-bond acceptors (Lipinski definition) is 3. The average molecular weight is 234 g/mol. The molecule has 17 heavy (non-hydrogen) atoms. The van der Waals surface area contributed by atoms with Gasteiger partial charge in [-0.1, -0.05) is 6.92 Å². The lowest BCUT2D eigenvalue weighted by Crippen LogP contribution is -2.31. The van der Waals surface area contributed by atoms with Gasteiger partial charge in [0.15, 0.2) is 0 Å². The Morgan fingerprint density at radius 3 is 2.82 bits per heavy atom. The van der Waals surface area contributed by atoms with Crippen LogP contribution in [-0.2, 0) is 6.42 Å². The minimum absolute atomic E-state index is 0.145. The molecule has 2 aliphatic carbocycles. The number of nitrogens with zero attached hydrogens (tertiary/aromatic N) is 2. The maximum absolute atomic E-state index is 11.8. The van der Waals surface area contributed by atoms with Gasteiger partial charge in [0.2, 0.25) is 5.82 Å². The van der Waals surface area contributed by atoms with E-state index in [1.807, 2.05) is 6.92 Å². The minimum atomic E-state index is -0.145. The van der Waals surface area contributed by atoms with E-state index < -0.39 is 0 Å². The third kappa shape index (κ3) is 2.06. The highest BCUT2D eigenvalue weighted by Crippen LogP contribution is 2.60. The van der Waals surface area contributed by atoms with Crippen LogP contribution in [0.2, 0.25) is 0 Å². The Hall–Kier alpha value is -1.39. The lowest BCUT2D eigenvalue weighted by molar-refractivity contribution is 0.0932.